The average molecular weight is 461 g/mol. The van der Waals surface area contributed by atoms with Crippen LogP contribution in [0.5, 0.6) is 5.75 Å². The SMILES string of the molecule is CCCCCN1C(=O)C(=O)/C(=C(/O)c2ccc(OC)c(C(C)C)c2)C1c1c[nH]c2ccccc12. The van der Waals surface area contributed by atoms with Crippen LogP contribution in [0.25, 0.3) is 16.7 Å². The summed E-state index contributed by atoms with van der Waals surface area (Å²) in [5.41, 5.74) is 3.29. The normalized spacial score (nSPS) is 17.8. The number of aromatic amines is 1. The van der Waals surface area contributed by atoms with Crippen LogP contribution in [0.2, 0.25) is 0 Å². The van der Waals surface area contributed by atoms with Gasteiger partial charge >= 0.3 is 0 Å². The molecule has 2 aromatic carbocycles. The molecule has 6 heteroatoms. The van der Waals surface area contributed by atoms with Gasteiger partial charge in [0.1, 0.15) is 11.5 Å². The van der Waals surface area contributed by atoms with Crippen molar-refractivity contribution in [3.05, 3.63) is 70.9 Å². The Hall–Kier alpha value is -3.54. The molecule has 1 aromatic heterocycles. The van der Waals surface area contributed by atoms with Crippen LogP contribution in [-0.4, -0.2) is 40.3 Å². The molecule has 1 aliphatic rings. The number of fused-ring (bicyclic) bond motifs is 1. The van der Waals surface area contributed by atoms with E-state index in [0.717, 1.165) is 47.0 Å². The van der Waals surface area contributed by atoms with Crippen LogP contribution in [0.3, 0.4) is 0 Å². The molecular weight excluding hydrogens is 428 g/mol. The van der Waals surface area contributed by atoms with Crippen molar-refractivity contribution < 1.29 is 19.4 Å². The van der Waals surface area contributed by atoms with E-state index in [1.807, 2.05) is 50.4 Å². The quantitative estimate of drug-likeness (QED) is 0.189. The first-order chi connectivity index (χ1) is 16.4. The summed E-state index contributed by atoms with van der Waals surface area (Å²) in [6.45, 7) is 6.64. The lowest BCUT2D eigenvalue weighted by atomic mass is 9.93. The number of aromatic nitrogens is 1. The molecule has 0 radical (unpaired) electrons. The molecule has 1 amide bonds. The van der Waals surface area contributed by atoms with E-state index < -0.39 is 17.7 Å². The maximum Gasteiger partial charge on any atom is 0.295 e. The fraction of sp³-hybridized carbons (Fsp3) is 0.357. The van der Waals surface area contributed by atoms with Gasteiger partial charge in [-0.3, -0.25) is 9.59 Å². The Balaban J connectivity index is 1.90. The molecule has 0 spiro atoms. The number of ether oxygens (including phenoxy) is 1. The zero-order chi connectivity index (χ0) is 24.4. The predicted octanol–water partition coefficient (Wildman–Crippen LogP) is 5.91. The smallest absolute Gasteiger partial charge is 0.295 e. The molecule has 3 aromatic rings. The molecular formula is C28H32N2O4. The Kier molecular flexibility index (Phi) is 6.77. The Morgan fingerprint density at radius 2 is 1.91 bits per heavy atom. The number of unbranched alkanes of at least 4 members (excludes halogenated alkanes) is 2. The molecule has 2 heterocycles. The molecule has 0 saturated carbocycles. The average Bonchev–Trinajstić information content (AvgIpc) is 3.37. The van der Waals surface area contributed by atoms with Crippen molar-refractivity contribution in [2.45, 2.75) is 52.0 Å². The Bertz CT molecular complexity index is 1250. The van der Waals surface area contributed by atoms with Gasteiger partial charge in [-0.1, -0.05) is 51.8 Å². The highest BCUT2D eigenvalue weighted by atomic mass is 16.5. The van der Waals surface area contributed by atoms with Crippen LogP contribution in [0.4, 0.5) is 0 Å². The van der Waals surface area contributed by atoms with Crippen molar-refractivity contribution in [1.82, 2.24) is 9.88 Å². The molecule has 178 valence electrons. The fourth-order valence-electron chi connectivity index (χ4n) is 4.77. The molecule has 6 nitrogen and oxygen atoms in total. The first-order valence-electron chi connectivity index (χ1n) is 11.9. The zero-order valence-corrected chi connectivity index (χ0v) is 20.2. The minimum atomic E-state index is -0.655. The highest BCUT2D eigenvalue weighted by Gasteiger charge is 2.46. The van der Waals surface area contributed by atoms with E-state index in [-0.39, 0.29) is 17.3 Å². The lowest BCUT2D eigenvalue weighted by Crippen LogP contribution is -2.30. The number of benzene rings is 2. The van der Waals surface area contributed by atoms with Gasteiger partial charge in [-0.15, -0.1) is 0 Å². The number of nitrogens with zero attached hydrogens (tertiary/aromatic N) is 1. The number of Topliss-reactive ketones (excluding diaryl/α,β-unsaturated/α-hetero) is 1. The van der Waals surface area contributed by atoms with Gasteiger partial charge in [0.25, 0.3) is 11.7 Å². The summed E-state index contributed by atoms with van der Waals surface area (Å²) in [7, 11) is 1.61. The van der Waals surface area contributed by atoms with Crippen LogP contribution >= 0.6 is 0 Å². The largest absolute Gasteiger partial charge is 0.507 e. The Morgan fingerprint density at radius 3 is 2.62 bits per heavy atom. The van der Waals surface area contributed by atoms with Gasteiger partial charge in [0.15, 0.2) is 0 Å². The maximum absolute atomic E-state index is 13.3. The number of likely N-dealkylation sites (tertiary alicyclic amines) is 1. The molecule has 34 heavy (non-hydrogen) atoms. The van der Waals surface area contributed by atoms with E-state index in [1.165, 1.54) is 0 Å². The molecule has 1 unspecified atom stereocenters. The number of para-hydroxylation sites is 1. The monoisotopic (exact) mass is 460 g/mol. The van der Waals surface area contributed by atoms with Gasteiger partial charge in [0, 0.05) is 34.8 Å². The molecule has 1 saturated heterocycles. The number of carbonyl (C=O) groups excluding carboxylic acids is 2. The maximum atomic E-state index is 13.3. The van der Waals surface area contributed by atoms with Crippen LogP contribution < -0.4 is 4.74 Å². The number of rotatable bonds is 8. The zero-order valence-electron chi connectivity index (χ0n) is 20.2. The topological polar surface area (TPSA) is 82.6 Å². The highest BCUT2D eigenvalue weighted by Crippen LogP contribution is 2.42. The summed E-state index contributed by atoms with van der Waals surface area (Å²) in [6.07, 6.45) is 4.60. The molecule has 1 fully saturated rings. The molecule has 0 bridgehead atoms. The number of amides is 1. The first kappa shape index (κ1) is 23.6. The third-order valence-corrected chi connectivity index (χ3v) is 6.58. The summed E-state index contributed by atoms with van der Waals surface area (Å²) in [6, 6.07) is 12.5. The van der Waals surface area contributed by atoms with Gasteiger partial charge in [-0.25, -0.2) is 0 Å². The van der Waals surface area contributed by atoms with Crippen LogP contribution in [0.15, 0.2) is 54.2 Å². The van der Waals surface area contributed by atoms with Gasteiger partial charge in [0.2, 0.25) is 0 Å². The number of aliphatic hydroxyl groups excluding tert-OH is 1. The molecule has 4 rings (SSSR count). The number of carbonyl (C=O) groups is 2. The van der Waals surface area contributed by atoms with Gasteiger partial charge in [0.05, 0.1) is 18.7 Å². The van der Waals surface area contributed by atoms with E-state index in [1.54, 1.807) is 24.1 Å². The number of H-pyrrole nitrogens is 1. The van der Waals surface area contributed by atoms with Gasteiger partial charge < -0.3 is 19.7 Å². The minimum Gasteiger partial charge on any atom is -0.507 e. The first-order valence-corrected chi connectivity index (χ1v) is 11.9. The summed E-state index contributed by atoms with van der Waals surface area (Å²) < 4.78 is 5.47. The molecule has 1 aliphatic heterocycles. The summed E-state index contributed by atoms with van der Waals surface area (Å²) in [5, 5.41) is 12.4. The molecule has 0 aliphatic carbocycles. The molecule has 2 N–H and O–H groups in total. The predicted molar refractivity (Wildman–Crippen MR) is 134 cm³/mol. The van der Waals surface area contributed by atoms with E-state index in [2.05, 4.69) is 11.9 Å². The van der Waals surface area contributed by atoms with E-state index >= 15 is 0 Å². The van der Waals surface area contributed by atoms with Gasteiger partial charge in [-0.2, -0.15) is 0 Å². The second kappa shape index (κ2) is 9.75. The van der Waals surface area contributed by atoms with E-state index in [9.17, 15) is 14.7 Å². The van der Waals surface area contributed by atoms with Crippen LogP contribution in [-0.2, 0) is 9.59 Å². The lowest BCUT2D eigenvalue weighted by Gasteiger charge is -2.25. The summed E-state index contributed by atoms with van der Waals surface area (Å²) in [5.74, 6) is -0.490. The number of ketones is 1. The van der Waals surface area contributed by atoms with Crippen molar-refractivity contribution in [3.8, 4) is 5.75 Å². The van der Waals surface area contributed by atoms with E-state index in [0.29, 0.717) is 12.1 Å². The summed E-state index contributed by atoms with van der Waals surface area (Å²) in [4.78, 5) is 31.3. The van der Waals surface area contributed by atoms with Gasteiger partial charge in [-0.05, 0) is 42.2 Å². The Morgan fingerprint density at radius 1 is 1.15 bits per heavy atom. The minimum absolute atomic E-state index is 0.131. The Labute approximate surface area is 200 Å². The molecule has 1 atom stereocenters. The van der Waals surface area contributed by atoms with E-state index in [4.69, 9.17) is 4.74 Å². The summed E-state index contributed by atoms with van der Waals surface area (Å²) >= 11 is 0. The number of nitrogens with one attached hydrogen (secondary N) is 1. The number of hydrogen-bond donors (Lipinski definition) is 2. The highest BCUT2D eigenvalue weighted by molar-refractivity contribution is 6.46. The number of methoxy groups -OCH3 is 1. The fourth-order valence-corrected chi connectivity index (χ4v) is 4.77. The van der Waals surface area contributed by atoms with Crippen molar-refractivity contribution in [3.63, 3.8) is 0 Å². The second-order valence-electron chi connectivity index (χ2n) is 9.10. The van der Waals surface area contributed by atoms with Crippen molar-refractivity contribution in [1.29, 1.82) is 0 Å². The van der Waals surface area contributed by atoms with Crippen molar-refractivity contribution in [2.24, 2.45) is 0 Å². The standard InChI is InChI=1S/C28H32N2O4/c1-5-6-9-14-30-25(21-16-29-22-11-8-7-10-19(21)22)24(27(32)28(30)33)26(31)18-12-13-23(34-4)20(15-18)17(2)3/h7-8,10-13,15-17,25,29,31H,5-6,9,14H2,1-4H3/b26-24+. The third-order valence-electron chi connectivity index (χ3n) is 6.58. The van der Waals surface area contributed by atoms with Crippen LogP contribution in [0, 0.1) is 0 Å². The van der Waals surface area contributed by atoms with Crippen LogP contribution in [0.1, 0.15) is 68.7 Å². The second-order valence-corrected chi connectivity index (χ2v) is 9.10. The number of aliphatic hydroxyl groups is 1. The van der Waals surface area contributed by atoms with Crippen molar-refractivity contribution in [2.75, 3.05) is 13.7 Å². The van der Waals surface area contributed by atoms with Crippen molar-refractivity contribution >= 4 is 28.4 Å². The lowest BCUT2D eigenvalue weighted by molar-refractivity contribution is -0.139. The third kappa shape index (κ3) is 4.09. The number of hydrogen-bond acceptors (Lipinski definition) is 4.